The molecule has 0 bridgehead atoms. The molecule has 0 unspecified atom stereocenters. The van der Waals surface area contributed by atoms with Crippen LogP contribution in [-0.2, 0) is 11.2 Å². The Morgan fingerprint density at radius 1 is 1.09 bits per heavy atom. The number of amides is 1. The Hall–Kier alpha value is -3.88. The standard InChI is InChI=1S/C25H19F3N2O4/c26-17-2-3-22(29-9-17)15-1-4-23(21(28)7-15)33-12-14-10-30(11-14)25(32)19-6-16-5-18(31)13-34-24(16)8-20(19)27/h1-4,6-9,14H,5,10-13H2. The lowest BCUT2D eigenvalue weighted by Crippen LogP contribution is -2.52. The van der Waals surface area contributed by atoms with Crippen molar-refractivity contribution in [2.75, 3.05) is 26.3 Å². The number of carbonyl (C=O) groups excluding carboxylic acids is 2. The van der Waals surface area contributed by atoms with Crippen molar-refractivity contribution in [1.29, 1.82) is 0 Å². The van der Waals surface area contributed by atoms with Crippen LogP contribution in [0, 0.1) is 23.4 Å². The van der Waals surface area contributed by atoms with Crippen LogP contribution in [-0.4, -0.2) is 47.9 Å². The summed E-state index contributed by atoms with van der Waals surface area (Å²) in [6.07, 6.45) is 1.17. The van der Waals surface area contributed by atoms with Gasteiger partial charge in [-0.1, -0.05) is 0 Å². The topological polar surface area (TPSA) is 68.7 Å². The molecule has 1 amide bonds. The van der Waals surface area contributed by atoms with Gasteiger partial charge < -0.3 is 14.4 Å². The van der Waals surface area contributed by atoms with Crippen molar-refractivity contribution < 1.29 is 32.2 Å². The molecule has 2 aliphatic rings. The minimum atomic E-state index is -0.699. The molecule has 9 heteroatoms. The zero-order valence-electron chi connectivity index (χ0n) is 17.9. The molecule has 0 spiro atoms. The van der Waals surface area contributed by atoms with Crippen LogP contribution >= 0.6 is 0 Å². The number of fused-ring (bicyclic) bond motifs is 1. The molecule has 1 fully saturated rings. The molecule has 0 N–H and O–H groups in total. The first-order chi connectivity index (χ1) is 16.4. The number of nitrogens with zero attached hydrogens (tertiary/aromatic N) is 2. The molecule has 0 aliphatic carbocycles. The first-order valence-electron chi connectivity index (χ1n) is 10.7. The normalized spacial score (nSPS) is 15.4. The first kappa shape index (κ1) is 21.9. The fourth-order valence-electron chi connectivity index (χ4n) is 4.00. The highest BCUT2D eigenvalue weighted by molar-refractivity contribution is 5.96. The quantitative estimate of drug-likeness (QED) is 0.570. The van der Waals surface area contributed by atoms with Crippen LogP contribution in [0.1, 0.15) is 15.9 Å². The Morgan fingerprint density at radius 3 is 2.65 bits per heavy atom. The summed E-state index contributed by atoms with van der Waals surface area (Å²) in [5, 5.41) is 0. The molecule has 2 aliphatic heterocycles. The van der Waals surface area contributed by atoms with Gasteiger partial charge in [-0.2, -0.15) is 0 Å². The monoisotopic (exact) mass is 468 g/mol. The van der Waals surface area contributed by atoms with E-state index in [2.05, 4.69) is 4.98 Å². The van der Waals surface area contributed by atoms with Crippen molar-refractivity contribution >= 4 is 11.7 Å². The predicted molar refractivity (Wildman–Crippen MR) is 115 cm³/mol. The smallest absolute Gasteiger partial charge is 0.256 e. The maximum absolute atomic E-state index is 14.5. The number of ether oxygens (including phenoxy) is 2. The second-order valence-corrected chi connectivity index (χ2v) is 8.34. The molecule has 5 rings (SSSR count). The molecule has 0 saturated carbocycles. The van der Waals surface area contributed by atoms with E-state index in [4.69, 9.17) is 9.47 Å². The van der Waals surface area contributed by atoms with E-state index in [0.717, 1.165) is 12.3 Å². The Balaban J connectivity index is 1.17. The second kappa shape index (κ2) is 8.81. The minimum Gasteiger partial charge on any atom is -0.490 e. The summed E-state index contributed by atoms with van der Waals surface area (Å²) in [5.74, 6) is -2.06. The van der Waals surface area contributed by atoms with Gasteiger partial charge in [-0.3, -0.25) is 14.6 Å². The lowest BCUT2D eigenvalue weighted by atomic mass is 9.97. The molecule has 34 heavy (non-hydrogen) atoms. The van der Waals surface area contributed by atoms with E-state index in [9.17, 15) is 22.8 Å². The van der Waals surface area contributed by atoms with Crippen molar-refractivity contribution in [1.82, 2.24) is 9.88 Å². The van der Waals surface area contributed by atoms with E-state index in [1.807, 2.05) is 0 Å². The maximum atomic E-state index is 14.5. The van der Waals surface area contributed by atoms with Gasteiger partial charge in [0.15, 0.2) is 17.3 Å². The number of ketones is 1. The average Bonchev–Trinajstić information content (AvgIpc) is 2.79. The largest absolute Gasteiger partial charge is 0.490 e. The molecular weight excluding hydrogens is 449 g/mol. The van der Waals surface area contributed by atoms with E-state index in [1.165, 1.54) is 35.2 Å². The molecule has 3 aromatic rings. The average molecular weight is 468 g/mol. The lowest BCUT2D eigenvalue weighted by molar-refractivity contribution is -0.121. The molecule has 1 aromatic heterocycles. The number of hydrogen-bond acceptors (Lipinski definition) is 5. The Morgan fingerprint density at radius 2 is 1.91 bits per heavy atom. The van der Waals surface area contributed by atoms with Crippen molar-refractivity contribution in [3.8, 4) is 22.8 Å². The summed E-state index contributed by atoms with van der Waals surface area (Å²) in [6.45, 7) is 0.762. The molecule has 0 radical (unpaired) electrons. The number of aromatic nitrogens is 1. The second-order valence-electron chi connectivity index (χ2n) is 8.34. The number of Topliss-reactive ketones (excluding diaryl/α,β-unsaturated/α-hetero) is 1. The van der Waals surface area contributed by atoms with Gasteiger partial charge >= 0.3 is 0 Å². The summed E-state index contributed by atoms with van der Waals surface area (Å²) in [5.41, 5.74) is 1.32. The molecule has 0 atom stereocenters. The molecule has 2 aromatic carbocycles. The highest BCUT2D eigenvalue weighted by atomic mass is 19.1. The van der Waals surface area contributed by atoms with E-state index in [-0.39, 0.29) is 48.4 Å². The number of pyridine rings is 1. The number of hydrogen-bond donors (Lipinski definition) is 0. The molecular formula is C25H19F3N2O4. The zero-order valence-corrected chi connectivity index (χ0v) is 17.9. The SMILES string of the molecule is O=C1COc2cc(F)c(C(=O)N3CC(COc4ccc(-c5ccc(F)cn5)cc4F)C3)cc2C1. The highest BCUT2D eigenvalue weighted by Gasteiger charge is 2.34. The minimum absolute atomic E-state index is 0.0348. The van der Waals surface area contributed by atoms with Crippen LogP contribution in [0.4, 0.5) is 13.2 Å². The molecule has 6 nitrogen and oxygen atoms in total. The van der Waals surface area contributed by atoms with Gasteiger partial charge in [0, 0.05) is 42.6 Å². The van der Waals surface area contributed by atoms with Gasteiger partial charge in [-0.05, 0) is 36.4 Å². The third-order valence-electron chi connectivity index (χ3n) is 5.83. The summed E-state index contributed by atoms with van der Waals surface area (Å²) < 4.78 is 52.7. The van der Waals surface area contributed by atoms with Crippen LogP contribution in [0.5, 0.6) is 11.5 Å². The molecule has 174 valence electrons. The predicted octanol–water partition coefficient (Wildman–Crippen LogP) is 3.82. The third kappa shape index (κ3) is 4.33. The number of rotatable bonds is 5. The number of benzene rings is 2. The van der Waals surface area contributed by atoms with Crippen molar-refractivity contribution in [3.05, 3.63) is 77.2 Å². The summed E-state index contributed by atoms with van der Waals surface area (Å²) in [7, 11) is 0. The van der Waals surface area contributed by atoms with Crippen LogP contribution < -0.4 is 9.47 Å². The van der Waals surface area contributed by atoms with Crippen molar-refractivity contribution in [2.24, 2.45) is 5.92 Å². The Bertz CT molecular complexity index is 1270. The van der Waals surface area contributed by atoms with E-state index in [1.54, 1.807) is 6.07 Å². The summed E-state index contributed by atoms with van der Waals surface area (Å²) >= 11 is 0. The van der Waals surface area contributed by atoms with Gasteiger partial charge in [0.25, 0.3) is 5.91 Å². The number of likely N-dealkylation sites (tertiary alicyclic amines) is 1. The van der Waals surface area contributed by atoms with E-state index < -0.39 is 23.4 Å². The van der Waals surface area contributed by atoms with Crippen LogP contribution in [0.15, 0.2) is 48.7 Å². The van der Waals surface area contributed by atoms with Crippen molar-refractivity contribution in [3.63, 3.8) is 0 Å². The Labute approximate surface area is 192 Å². The van der Waals surface area contributed by atoms with Gasteiger partial charge in [-0.15, -0.1) is 0 Å². The van der Waals surface area contributed by atoms with E-state index in [0.29, 0.717) is 29.9 Å². The third-order valence-corrected chi connectivity index (χ3v) is 5.83. The Kier molecular flexibility index (Phi) is 5.69. The van der Waals surface area contributed by atoms with E-state index >= 15 is 0 Å². The van der Waals surface area contributed by atoms with Crippen molar-refractivity contribution in [2.45, 2.75) is 6.42 Å². The van der Waals surface area contributed by atoms with Gasteiger partial charge in [0.05, 0.1) is 24.1 Å². The summed E-state index contributed by atoms with van der Waals surface area (Å²) in [6, 6.07) is 9.59. The molecule has 3 heterocycles. The number of carbonyl (C=O) groups is 2. The van der Waals surface area contributed by atoms with Gasteiger partial charge in [0.1, 0.15) is 24.0 Å². The zero-order chi connectivity index (χ0) is 23.8. The highest BCUT2D eigenvalue weighted by Crippen LogP contribution is 2.30. The van der Waals surface area contributed by atoms with Crippen LogP contribution in [0.3, 0.4) is 0 Å². The lowest BCUT2D eigenvalue weighted by Gasteiger charge is -2.39. The maximum Gasteiger partial charge on any atom is 0.256 e. The summed E-state index contributed by atoms with van der Waals surface area (Å²) in [4.78, 5) is 29.7. The van der Waals surface area contributed by atoms with Crippen LogP contribution in [0.25, 0.3) is 11.3 Å². The fourth-order valence-corrected chi connectivity index (χ4v) is 4.00. The van der Waals surface area contributed by atoms with Gasteiger partial charge in [-0.25, -0.2) is 13.2 Å². The molecule has 1 saturated heterocycles. The number of halogens is 3. The van der Waals surface area contributed by atoms with Crippen LogP contribution in [0.2, 0.25) is 0 Å². The van der Waals surface area contributed by atoms with Gasteiger partial charge in [0.2, 0.25) is 0 Å². The first-order valence-corrected chi connectivity index (χ1v) is 10.7. The fraction of sp³-hybridized carbons (Fsp3) is 0.240.